The van der Waals surface area contributed by atoms with Gasteiger partial charge in [-0.25, -0.2) is 0 Å². The van der Waals surface area contributed by atoms with Crippen LogP contribution in [-0.4, -0.2) is 13.2 Å². The summed E-state index contributed by atoms with van der Waals surface area (Å²) in [6.45, 7) is 2.65. The fraction of sp³-hybridized carbons (Fsp3) is 0.333. The van der Waals surface area contributed by atoms with Crippen molar-refractivity contribution in [3.63, 3.8) is 0 Å². The van der Waals surface area contributed by atoms with E-state index < -0.39 is 0 Å². The highest BCUT2D eigenvalue weighted by atomic mass is 35.5. The van der Waals surface area contributed by atoms with Crippen LogP contribution in [0.25, 0.3) is 0 Å². The van der Waals surface area contributed by atoms with Gasteiger partial charge in [0.1, 0.15) is 18.1 Å². The molecule has 2 aromatic rings. The standard InChI is InChI=1S/C18H23NO2.ClH/c1-3-16(19)11-15-9-10-17(12-18(15)20-2)21-13-14-7-5-4-6-8-14;/h4-10,12,16H,3,11,13,19H2,1-2H3;1H. The Morgan fingerprint density at radius 2 is 1.82 bits per heavy atom. The van der Waals surface area contributed by atoms with Crippen LogP contribution >= 0.6 is 12.4 Å². The first-order valence-corrected chi connectivity index (χ1v) is 7.32. The van der Waals surface area contributed by atoms with Crippen molar-refractivity contribution in [2.45, 2.75) is 32.4 Å². The van der Waals surface area contributed by atoms with Crippen molar-refractivity contribution in [3.05, 3.63) is 59.7 Å². The normalized spacial score (nSPS) is 11.4. The first-order chi connectivity index (χ1) is 10.2. The molecule has 0 heterocycles. The molecule has 4 heteroatoms. The zero-order chi connectivity index (χ0) is 15.1. The largest absolute Gasteiger partial charge is 0.496 e. The molecular weight excluding hydrogens is 298 g/mol. The van der Waals surface area contributed by atoms with Crippen molar-refractivity contribution in [2.75, 3.05) is 7.11 Å². The minimum Gasteiger partial charge on any atom is -0.496 e. The number of nitrogens with two attached hydrogens (primary N) is 1. The lowest BCUT2D eigenvalue weighted by molar-refractivity contribution is 0.303. The summed E-state index contributed by atoms with van der Waals surface area (Å²) in [5.41, 5.74) is 8.29. The maximum atomic E-state index is 6.01. The SMILES string of the molecule is CCC(N)Cc1ccc(OCc2ccccc2)cc1OC.Cl. The molecule has 0 saturated heterocycles. The summed E-state index contributed by atoms with van der Waals surface area (Å²) in [7, 11) is 1.68. The van der Waals surface area contributed by atoms with Gasteiger partial charge in [-0.3, -0.25) is 0 Å². The van der Waals surface area contributed by atoms with E-state index in [0.29, 0.717) is 6.61 Å². The lowest BCUT2D eigenvalue weighted by Crippen LogP contribution is -2.21. The molecule has 1 atom stereocenters. The molecule has 0 saturated carbocycles. The molecule has 22 heavy (non-hydrogen) atoms. The summed E-state index contributed by atoms with van der Waals surface area (Å²) >= 11 is 0. The minimum atomic E-state index is 0. The van der Waals surface area contributed by atoms with E-state index in [0.717, 1.165) is 35.5 Å². The average Bonchev–Trinajstić information content (AvgIpc) is 2.54. The van der Waals surface area contributed by atoms with Gasteiger partial charge >= 0.3 is 0 Å². The second-order valence-electron chi connectivity index (χ2n) is 5.12. The molecule has 2 N–H and O–H groups in total. The Morgan fingerprint density at radius 1 is 1.09 bits per heavy atom. The Labute approximate surface area is 138 Å². The van der Waals surface area contributed by atoms with Gasteiger partial charge in [0, 0.05) is 12.1 Å². The molecule has 2 rings (SSSR count). The maximum Gasteiger partial charge on any atom is 0.125 e. The Balaban J connectivity index is 0.00000242. The van der Waals surface area contributed by atoms with Crippen LogP contribution in [-0.2, 0) is 13.0 Å². The molecule has 0 aliphatic rings. The van der Waals surface area contributed by atoms with Crippen molar-refractivity contribution in [1.29, 1.82) is 0 Å². The third-order valence-corrected chi connectivity index (χ3v) is 3.51. The van der Waals surface area contributed by atoms with Crippen LogP contribution < -0.4 is 15.2 Å². The third-order valence-electron chi connectivity index (χ3n) is 3.51. The van der Waals surface area contributed by atoms with Gasteiger partial charge in [-0.1, -0.05) is 43.3 Å². The lowest BCUT2D eigenvalue weighted by Gasteiger charge is -2.14. The van der Waals surface area contributed by atoms with Crippen LogP contribution in [0.1, 0.15) is 24.5 Å². The molecule has 0 radical (unpaired) electrons. The van der Waals surface area contributed by atoms with E-state index in [-0.39, 0.29) is 18.4 Å². The molecule has 0 aromatic heterocycles. The van der Waals surface area contributed by atoms with Gasteiger partial charge in [0.25, 0.3) is 0 Å². The fourth-order valence-corrected chi connectivity index (χ4v) is 2.15. The van der Waals surface area contributed by atoms with E-state index in [1.807, 2.05) is 48.5 Å². The third kappa shape index (κ3) is 5.24. The summed E-state index contributed by atoms with van der Waals surface area (Å²) in [4.78, 5) is 0. The van der Waals surface area contributed by atoms with Gasteiger partial charge in [0.2, 0.25) is 0 Å². The molecule has 120 valence electrons. The fourth-order valence-electron chi connectivity index (χ4n) is 2.15. The summed E-state index contributed by atoms with van der Waals surface area (Å²) in [5.74, 6) is 1.65. The first-order valence-electron chi connectivity index (χ1n) is 7.32. The van der Waals surface area contributed by atoms with Crippen LogP contribution in [0.3, 0.4) is 0 Å². The highest BCUT2D eigenvalue weighted by Crippen LogP contribution is 2.26. The monoisotopic (exact) mass is 321 g/mol. The molecule has 3 nitrogen and oxygen atoms in total. The number of halogens is 1. The lowest BCUT2D eigenvalue weighted by atomic mass is 10.0. The van der Waals surface area contributed by atoms with Crippen LogP contribution in [0.2, 0.25) is 0 Å². The number of benzene rings is 2. The van der Waals surface area contributed by atoms with Gasteiger partial charge in [0.15, 0.2) is 0 Å². The van der Waals surface area contributed by atoms with Crippen molar-refractivity contribution < 1.29 is 9.47 Å². The Kier molecular flexibility index (Phi) is 7.78. The smallest absolute Gasteiger partial charge is 0.125 e. The van der Waals surface area contributed by atoms with Crippen molar-refractivity contribution in [1.82, 2.24) is 0 Å². The molecule has 1 unspecified atom stereocenters. The van der Waals surface area contributed by atoms with Crippen molar-refractivity contribution in [2.24, 2.45) is 5.73 Å². The summed E-state index contributed by atoms with van der Waals surface area (Å²) in [5, 5.41) is 0. The average molecular weight is 322 g/mol. The van der Waals surface area contributed by atoms with Gasteiger partial charge in [0.05, 0.1) is 7.11 Å². The molecular formula is C18H24ClNO2. The second kappa shape index (κ2) is 9.34. The molecule has 0 bridgehead atoms. The second-order valence-corrected chi connectivity index (χ2v) is 5.12. The van der Waals surface area contributed by atoms with Crippen molar-refractivity contribution in [3.8, 4) is 11.5 Å². The predicted molar refractivity (Wildman–Crippen MR) is 93.0 cm³/mol. The van der Waals surface area contributed by atoms with Crippen LogP contribution in [0.15, 0.2) is 48.5 Å². The van der Waals surface area contributed by atoms with E-state index in [2.05, 4.69) is 6.92 Å². The molecule has 0 aliphatic heterocycles. The quantitative estimate of drug-likeness (QED) is 0.839. The predicted octanol–water partition coefficient (Wildman–Crippen LogP) is 3.98. The van der Waals surface area contributed by atoms with Gasteiger partial charge in [-0.2, -0.15) is 0 Å². The van der Waals surface area contributed by atoms with Crippen LogP contribution in [0.4, 0.5) is 0 Å². The molecule has 2 aromatic carbocycles. The number of methoxy groups -OCH3 is 1. The zero-order valence-corrected chi connectivity index (χ0v) is 13.9. The van der Waals surface area contributed by atoms with Gasteiger partial charge in [-0.15, -0.1) is 12.4 Å². The van der Waals surface area contributed by atoms with Crippen LogP contribution in [0.5, 0.6) is 11.5 Å². The van der Waals surface area contributed by atoms with E-state index >= 15 is 0 Å². The Morgan fingerprint density at radius 3 is 2.45 bits per heavy atom. The molecule has 0 spiro atoms. The summed E-state index contributed by atoms with van der Waals surface area (Å²) < 4.78 is 11.3. The molecule has 0 fully saturated rings. The van der Waals surface area contributed by atoms with E-state index in [4.69, 9.17) is 15.2 Å². The Hall–Kier alpha value is -1.71. The van der Waals surface area contributed by atoms with Crippen LogP contribution in [0, 0.1) is 0 Å². The molecule has 0 aliphatic carbocycles. The van der Waals surface area contributed by atoms with E-state index in [9.17, 15) is 0 Å². The highest BCUT2D eigenvalue weighted by Gasteiger charge is 2.09. The summed E-state index contributed by atoms with van der Waals surface area (Å²) in [6.07, 6.45) is 1.77. The number of hydrogen-bond acceptors (Lipinski definition) is 3. The maximum absolute atomic E-state index is 6.01. The highest BCUT2D eigenvalue weighted by molar-refractivity contribution is 5.85. The van der Waals surface area contributed by atoms with Gasteiger partial charge < -0.3 is 15.2 Å². The van der Waals surface area contributed by atoms with Crippen molar-refractivity contribution >= 4 is 12.4 Å². The number of ether oxygens (including phenoxy) is 2. The minimum absolute atomic E-state index is 0. The Bertz CT molecular complexity index is 560. The van der Waals surface area contributed by atoms with E-state index in [1.54, 1.807) is 7.11 Å². The topological polar surface area (TPSA) is 44.5 Å². The van der Waals surface area contributed by atoms with E-state index in [1.165, 1.54) is 0 Å². The number of hydrogen-bond donors (Lipinski definition) is 1. The molecule has 0 amide bonds. The summed E-state index contributed by atoms with van der Waals surface area (Å²) in [6, 6.07) is 16.2. The number of rotatable bonds is 7. The first kappa shape index (κ1) is 18.3. The van der Waals surface area contributed by atoms with Gasteiger partial charge in [-0.05, 0) is 30.0 Å². The zero-order valence-electron chi connectivity index (χ0n) is 13.1.